The Hall–Kier alpha value is -2.15. The minimum absolute atomic E-state index is 0.0354. The molecule has 0 radical (unpaired) electrons. The fourth-order valence-corrected chi connectivity index (χ4v) is 4.11. The number of carbonyl (C=O) groups excluding carboxylic acids is 2. The van der Waals surface area contributed by atoms with E-state index in [0.29, 0.717) is 19.4 Å². The lowest BCUT2D eigenvalue weighted by Gasteiger charge is -2.37. The molecule has 1 aliphatic rings. The van der Waals surface area contributed by atoms with E-state index in [2.05, 4.69) is 10.4 Å². The van der Waals surface area contributed by atoms with Crippen molar-refractivity contribution in [1.29, 1.82) is 0 Å². The monoisotopic (exact) mass is 346 g/mol. The summed E-state index contributed by atoms with van der Waals surface area (Å²) in [6.45, 7) is 1.40. The lowest BCUT2D eigenvalue weighted by atomic mass is 9.87. The topological polar surface area (TPSA) is 67.2 Å². The number of aryl methyl sites for hydroxylation is 1. The van der Waals surface area contributed by atoms with Gasteiger partial charge >= 0.3 is 0 Å². The maximum absolute atomic E-state index is 12.7. The van der Waals surface area contributed by atoms with Crippen molar-refractivity contribution in [2.24, 2.45) is 5.92 Å². The molecule has 0 unspecified atom stereocenters. The molecule has 1 N–H and O–H groups in total. The van der Waals surface area contributed by atoms with E-state index in [1.54, 1.807) is 29.5 Å². The van der Waals surface area contributed by atoms with Crippen molar-refractivity contribution in [3.63, 3.8) is 0 Å². The van der Waals surface area contributed by atoms with Gasteiger partial charge in [0, 0.05) is 43.8 Å². The number of thiophene rings is 1. The zero-order chi connectivity index (χ0) is 16.9. The van der Waals surface area contributed by atoms with Crippen LogP contribution < -0.4 is 5.32 Å². The summed E-state index contributed by atoms with van der Waals surface area (Å²) < 4.78 is 1.85. The van der Waals surface area contributed by atoms with E-state index in [4.69, 9.17) is 0 Å². The molecule has 0 aliphatic carbocycles. The van der Waals surface area contributed by atoms with Crippen LogP contribution >= 0.6 is 11.3 Å². The van der Waals surface area contributed by atoms with Gasteiger partial charge in [-0.2, -0.15) is 5.10 Å². The highest BCUT2D eigenvalue weighted by molar-refractivity contribution is 7.10. The highest BCUT2D eigenvalue weighted by Gasteiger charge is 2.39. The van der Waals surface area contributed by atoms with E-state index < -0.39 is 0 Å². The van der Waals surface area contributed by atoms with Gasteiger partial charge in [-0.3, -0.25) is 14.3 Å². The molecule has 1 fully saturated rings. The van der Waals surface area contributed by atoms with Crippen LogP contribution in [0.5, 0.6) is 0 Å². The second-order valence-corrected chi connectivity index (χ2v) is 7.00. The number of amides is 2. The standard InChI is InChI=1S/C17H22N4O2S/c1-20-15(22)7-6-13(16(20)14-5-2-12-24-14)17(23)18-8-3-10-21-11-4-9-19-21/h2,4-5,9,11-13,16H,3,6-8,10H2,1H3,(H,18,23)/t13-,16+/m0/s1. The fourth-order valence-electron chi connectivity index (χ4n) is 3.18. The molecule has 24 heavy (non-hydrogen) atoms. The summed E-state index contributed by atoms with van der Waals surface area (Å²) in [4.78, 5) is 27.5. The summed E-state index contributed by atoms with van der Waals surface area (Å²) in [5.41, 5.74) is 0. The average Bonchev–Trinajstić information content (AvgIpc) is 3.27. The van der Waals surface area contributed by atoms with Gasteiger partial charge in [-0.1, -0.05) is 6.07 Å². The number of likely N-dealkylation sites (tertiary alicyclic amines) is 1. The van der Waals surface area contributed by atoms with Crippen molar-refractivity contribution >= 4 is 23.2 Å². The summed E-state index contributed by atoms with van der Waals surface area (Å²) in [5.74, 6) is -0.0413. The maximum Gasteiger partial charge on any atom is 0.225 e. The van der Waals surface area contributed by atoms with Gasteiger partial charge in [0.25, 0.3) is 0 Å². The maximum atomic E-state index is 12.7. The van der Waals surface area contributed by atoms with Crippen molar-refractivity contribution in [3.8, 4) is 0 Å². The van der Waals surface area contributed by atoms with Crippen molar-refractivity contribution in [1.82, 2.24) is 20.0 Å². The zero-order valence-corrected chi connectivity index (χ0v) is 14.5. The molecule has 3 heterocycles. The van der Waals surface area contributed by atoms with E-state index in [0.717, 1.165) is 17.8 Å². The number of hydrogen-bond acceptors (Lipinski definition) is 4. The fraction of sp³-hybridized carbons (Fsp3) is 0.471. The first-order valence-corrected chi connectivity index (χ1v) is 9.09. The molecule has 0 spiro atoms. The summed E-state index contributed by atoms with van der Waals surface area (Å²) >= 11 is 1.60. The van der Waals surface area contributed by atoms with Crippen LogP contribution in [0.1, 0.15) is 30.2 Å². The molecule has 2 aromatic rings. The molecule has 2 atom stereocenters. The first kappa shape index (κ1) is 16.7. The molecule has 2 amide bonds. The Morgan fingerprint density at radius 1 is 1.46 bits per heavy atom. The van der Waals surface area contributed by atoms with E-state index in [9.17, 15) is 9.59 Å². The van der Waals surface area contributed by atoms with Crippen LogP contribution in [0.3, 0.4) is 0 Å². The third-order valence-electron chi connectivity index (χ3n) is 4.45. The van der Waals surface area contributed by atoms with Crippen LogP contribution in [-0.2, 0) is 16.1 Å². The predicted octanol–water partition coefficient (Wildman–Crippen LogP) is 2.06. The van der Waals surface area contributed by atoms with Gasteiger partial charge in [0.2, 0.25) is 11.8 Å². The molecule has 128 valence electrons. The van der Waals surface area contributed by atoms with Crippen LogP contribution in [0, 0.1) is 5.92 Å². The molecule has 2 aromatic heterocycles. The SMILES string of the molecule is CN1C(=O)CC[C@H](C(=O)NCCCn2cccn2)[C@@H]1c1cccs1. The Morgan fingerprint density at radius 2 is 2.33 bits per heavy atom. The zero-order valence-electron chi connectivity index (χ0n) is 13.7. The van der Waals surface area contributed by atoms with Crippen molar-refractivity contribution in [3.05, 3.63) is 40.8 Å². The average molecular weight is 346 g/mol. The van der Waals surface area contributed by atoms with Crippen LogP contribution in [0.4, 0.5) is 0 Å². The summed E-state index contributed by atoms with van der Waals surface area (Å²) in [6.07, 6.45) is 5.54. The Morgan fingerprint density at radius 3 is 3.04 bits per heavy atom. The number of nitrogens with zero attached hydrogens (tertiary/aromatic N) is 3. The minimum atomic E-state index is -0.184. The smallest absolute Gasteiger partial charge is 0.225 e. The molecule has 6 nitrogen and oxygen atoms in total. The Balaban J connectivity index is 1.58. The van der Waals surface area contributed by atoms with Crippen molar-refractivity contribution < 1.29 is 9.59 Å². The highest BCUT2D eigenvalue weighted by Crippen LogP contribution is 2.37. The number of hydrogen-bond donors (Lipinski definition) is 1. The summed E-state index contributed by atoms with van der Waals surface area (Å²) in [7, 11) is 1.80. The van der Waals surface area contributed by atoms with Crippen LogP contribution in [0.25, 0.3) is 0 Å². The van der Waals surface area contributed by atoms with Gasteiger partial charge in [0.1, 0.15) is 0 Å². The van der Waals surface area contributed by atoms with Crippen molar-refractivity contribution in [2.75, 3.05) is 13.6 Å². The molecular weight excluding hydrogens is 324 g/mol. The molecule has 1 aliphatic heterocycles. The number of aromatic nitrogens is 2. The number of nitrogens with one attached hydrogen (secondary N) is 1. The normalized spacial score (nSPS) is 21.0. The van der Waals surface area contributed by atoms with Crippen LogP contribution in [0.15, 0.2) is 36.0 Å². The van der Waals surface area contributed by atoms with Crippen LogP contribution in [0.2, 0.25) is 0 Å². The molecule has 0 aromatic carbocycles. The van der Waals surface area contributed by atoms with Gasteiger partial charge in [-0.05, 0) is 30.4 Å². The van der Waals surface area contributed by atoms with Gasteiger partial charge in [-0.15, -0.1) is 11.3 Å². The minimum Gasteiger partial charge on any atom is -0.356 e. The Kier molecular flexibility index (Phi) is 5.30. The lowest BCUT2D eigenvalue weighted by molar-refractivity contribution is -0.141. The lowest BCUT2D eigenvalue weighted by Crippen LogP contribution is -2.46. The molecule has 0 saturated carbocycles. The van der Waals surface area contributed by atoms with Crippen molar-refractivity contribution in [2.45, 2.75) is 31.8 Å². The van der Waals surface area contributed by atoms with Gasteiger partial charge in [0.15, 0.2) is 0 Å². The second kappa shape index (κ2) is 7.61. The number of carbonyl (C=O) groups is 2. The molecule has 0 bridgehead atoms. The summed E-state index contributed by atoms with van der Waals surface area (Å²) in [5, 5.41) is 9.16. The third kappa shape index (κ3) is 3.67. The quantitative estimate of drug-likeness (QED) is 0.814. The Bertz CT molecular complexity index is 669. The van der Waals surface area contributed by atoms with E-state index in [-0.39, 0.29) is 23.8 Å². The predicted molar refractivity (Wildman–Crippen MR) is 92.4 cm³/mol. The second-order valence-electron chi connectivity index (χ2n) is 6.02. The van der Waals surface area contributed by atoms with Crippen LogP contribution in [-0.4, -0.2) is 40.1 Å². The highest BCUT2D eigenvalue weighted by atomic mass is 32.1. The number of piperidine rings is 1. The summed E-state index contributed by atoms with van der Waals surface area (Å²) in [6, 6.07) is 5.70. The molecule has 1 saturated heterocycles. The molecule has 3 rings (SSSR count). The molecular formula is C17H22N4O2S. The largest absolute Gasteiger partial charge is 0.356 e. The van der Waals surface area contributed by atoms with Gasteiger partial charge < -0.3 is 10.2 Å². The Labute approximate surface area is 145 Å². The number of rotatable bonds is 6. The van der Waals surface area contributed by atoms with Gasteiger partial charge in [0.05, 0.1) is 12.0 Å². The first-order valence-electron chi connectivity index (χ1n) is 8.21. The third-order valence-corrected chi connectivity index (χ3v) is 5.40. The van der Waals surface area contributed by atoms with E-state index >= 15 is 0 Å². The van der Waals surface area contributed by atoms with E-state index in [1.165, 1.54) is 0 Å². The first-order chi connectivity index (χ1) is 11.7. The van der Waals surface area contributed by atoms with Gasteiger partial charge in [-0.25, -0.2) is 0 Å². The molecule has 7 heteroatoms. The van der Waals surface area contributed by atoms with E-state index in [1.807, 2.05) is 34.5 Å².